The van der Waals surface area contributed by atoms with E-state index in [9.17, 15) is 13.2 Å². The van der Waals surface area contributed by atoms with Crippen molar-refractivity contribution in [2.24, 2.45) is 0 Å². The summed E-state index contributed by atoms with van der Waals surface area (Å²) in [6, 6.07) is 15.6. The molecule has 0 unspecified atom stereocenters. The first-order valence-corrected chi connectivity index (χ1v) is 9.09. The summed E-state index contributed by atoms with van der Waals surface area (Å²) in [4.78, 5) is 11.8. The summed E-state index contributed by atoms with van der Waals surface area (Å²) >= 11 is 0. The Morgan fingerprint density at radius 1 is 1.04 bits per heavy atom. The van der Waals surface area contributed by atoms with E-state index < -0.39 is 10.0 Å². The fourth-order valence-electron chi connectivity index (χ4n) is 2.51. The summed E-state index contributed by atoms with van der Waals surface area (Å²) in [7, 11) is -3.69. The summed E-state index contributed by atoms with van der Waals surface area (Å²) < 4.78 is 27.1. The van der Waals surface area contributed by atoms with Gasteiger partial charge in [0.2, 0.25) is 0 Å². The molecule has 1 aromatic heterocycles. The van der Waals surface area contributed by atoms with Gasteiger partial charge in [0.05, 0.1) is 10.4 Å². The second-order valence-corrected chi connectivity index (χ2v) is 7.18. The van der Waals surface area contributed by atoms with Crippen molar-refractivity contribution in [2.45, 2.75) is 18.2 Å². The lowest BCUT2D eigenvalue weighted by Gasteiger charge is -2.07. The third-order valence-corrected chi connectivity index (χ3v) is 5.49. The van der Waals surface area contributed by atoms with Crippen molar-refractivity contribution in [3.8, 4) is 0 Å². The summed E-state index contributed by atoms with van der Waals surface area (Å²) in [5.41, 5.74) is 1.29. The van der Waals surface area contributed by atoms with Gasteiger partial charge in [0.1, 0.15) is 0 Å². The second kappa shape index (κ2) is 6.45. The number of hydrogen-bond acceptors (Lipinski definition) is 3. The van der Waals surface area contributed by atoms with Crippen molar-refractivity contribution >= 4 is 32.8 Å². The molecule has 24 heavy (non-hydrogen) atoms. The number of carbonyl (C=O) groups is 1. The van der Waals surface area contributed by atoms with Crippen molar-refractivity contribution in [3.63, 3.8) is 0 Å². The first kappa shape index (κ1) is 16.2. The van der Waals surface area contributed by atoms with Gasteiger partial charge >= 0.3 is 0 Å². The molecular weight excluding hydrogens is 322 g/mol. The van der Waals surface area contributed by atoms with Gasteiger partial charge in [-0.2, -0.15) is 0 Å². The summed E-state index contributed by atoms with van der Waals surface area (Å²) in [6.07, 6.45) is 5.14. The molecule has 0 spiro atoms. The highest BCUT2D eigenvalue weighted by atomic mass is 32.2. The zero-order valence-electron chi connectivity index (χ0n) is 13.2. The molecule has 0 fully saturated rings. The van der Waals surface area contributed by atoms with Gasteiger partial charge in [-0.05, 0) is 30.4 Å². The molecule has 0 amide bonds. The molecule has 0 saturated carbocycles. The number of hydrogen-bond donors (Lipinski definition) is 0. The van der Waals surface area contributed by atoms with Gasteiger partial charge in [0.25, 0.3) is 10.0 Å². The quantitative estimate of drug-likeness (QED) is 0.663. The summed E-state index contributed by atoms with van der Waals surface area (Å²) in [6.45, 7) is 1.79. The molecule has 2 aromatic carbocycles. The number of allylic oxidation sites excluding steroid dienone is 1. The highest BCUT2D eigenvalue weighted by Gasteiger charge is 2.20. The van der Waals surface area contributed by atoms with Crippen LogP contribution < -0.4 is 0 Å². The minimum absolute atomic E-state index is 0.00209. The topological polar surface area (TPSA) is 56.1 Å². The third kappa shape index (κ3) is 2.90. The van der Waals surface area contributed by atoms with Crippen molar-refractivity contribution in [3.05, 3.63) is 72.4 Å². The second-order valence-electron chi connectivity index (χ2n) is 5.37. The van der Waals surface area contributed by atoms with Crippen LogP contribution >= 0.6 is 0 Å². The van der Waals surface area contributed by atoms with Crippen LogP contribution in [0, 0.1) is 0 Å². The third-order valence-electron chi connectivity index (χ3n) is 3.81. The van der Waals surface area contributed by atoms with Gasteiger partial charge in [0.15, 0.2) is 5.78 Å². The van der Waals surface area contributed by atoms with Crippen LogP contribution in [0.15, 0.2) is 71.8 Å². The predicted octanol–water partition coefficient (Wildman–Crippen LogP) is 3.87. The summed E-state index contributed by atoms with van der Waals surface area (Å²) in [5, 5.41) is 0.789. The minimum Gasteiger partial charge on any atom is -0.295 e. The normalized spacial score (nSPS) is 12.0. The standard InChI is InChI=1S/C19H17NO3S/c1-2-16(21)13-12-15-14-20(19-11-7-6-10-18(15)19)24(22,23)17-8-4-3-5-9-17/h3-14H,2H2,1H3/b13-12+. The number of ketones is 1. The number of carbonyl (C=O) groups excluding carboxylic acids is 1. The molecule has 3 rings (SSSR count). The van der Waals surface area contributed by atoms with Crippen molar-refractivity contribution < 1.29 is 13.2 Å². The number of benzene rings is 2. The van der Waals surface area contributed by atoms with E-state index in [1.807, 2.05) is 12.1 Å². The largest absolute Gasteiger partial charge is 0.295 e. The fourth-order valence-corrected chi connectivity index (χ4v) is 3.91. The number of para-hydroxylation sites is 1. The van der Waals surface area contributed by atoms with Gasteiger partial charge in [-0.15, -0.1) is 0 Å². The zero-order chi connectivity index (χ0) is 17.2. The molecule has 1 heterocycles. The maximum atomic E-state index is 12.9. The van der Waals surface area contributed by atoms with E-state index in [2.05, 4.69) is 0 Å². The minimum atomic E-state index is -3.69. The lowest BCUT2D eigenvalue weighted by atomic mass is 10.1. The number of rotatable bonds is 5. The highest BCUT2D eigenvalue weighted by molar-refractivity contribution is 7.90. The van der Waals surface area contributed by atoms with E-state index in [-0.39, 0.29) is 10.7 Å². The highest BCUT2D eigenvalue weighted by Crippen LogP contribution is 2.26. The van der Waals surface area contributed by atoms with Gasteiger partial charge in [-0.1, -0.05) is 43.3 Å². The Morgan fingerprint density at radius 3 is 2.42 bits per heavy atom. The number of fused-ring (bicyclic) bond motifs is 1. The lowest BCUT2D eigenvalue weighted by molar-refractivity contribution is -0.114. The Morgan fingerprint density at radius 2 is 1.71 bits per heavy atom. The molecule has 3 aromatic rings. The van der Waals surface area contributed by atoms with E-state index in [1.165, 1.54) is 10.0 Å². The number of nitrogens with zero attached hydrogens (tertiary/aromatic N) is 1. The molecule has 0 aliphatic rings. The molecule has 0 radical (unpaired) electrons. The molecule has 0 N–H and O–H groups in total. The molecule has 122 valence electrons. The van der Waals surface area contributed by atoms with E-state index in [0.717, 1.165) is 5.39 Å². The summed E-state index contributed by atoms with van der Waals surface area (Å²) in [5.74, 6) is -0.00209. The molecule has 0 aliphatic carbocycles. The Hall–Kier alpha value is -2.66. The van der Waals surface area contributed by atoms with Crippen LogP contribution in [0.2, 0.25) is 0 Å². The van der Waals surface area contributed by atoms with Crippen LogP contribution in [-0.2, 0) is 14.8 Å². The average molecular weight is 339 g/mol. The molecule has 0 bridgehead atoms. The Bertz CT molecular complexity index is 1020. The van der Waals surface area contributed by atoms with Crippen LogP contribution in [0.4, 0.5) is 0 Å². The Kier molecular flexibility index (Phi) is 4.36. The molecule has 0 saturated heterocycles. The van der Waals surface area contributed by atoms with E-state index in [0.29, 0.717) is 17.5 Å². The van der Waals surface area contributed by atoms with E-state index in [1.54, 1.807) is 61.7 Å². The maximum Gasteiger partial charge on any atom is 0.268 e. The molecule has 4 nitrogen and oxygen atoms in total. The van der Waals surface area contributed by atoms with Gasteiger partial charge in [0, 0.05) is 23.6 Å². The molecule has 0 aliphatic heterocycles. The molecular formula is C19H17NO3S. The molecule has 0 atom stereocenters. The SMILES string of the molecule is CCC(=O)/C=C/c1cn(S(=O)(=O)c2ccccc2)c2ccccc12. The fraction of sp³-hybridized carbons (Fsp3) is 0.105. The average Bonchev–Trinajstić information content (AvgIpc) is 3.00. The maximum absolute atomic E-state index is 12.9. The predicted molar refractivity (Wildman–Crippen MR) is 95.3 cm³/mol. The van der Waals surface area contributed by atoms with Crippen LogP contribution in [0.1, 0.15) is 18.9 Å². The van der Waals surface area contributed by atoms with Gasteiger partial charge < -0.3 is 0 Å². The Labute approximate surface area is 141 Å². The van der Waals surface area contributed by atoms with Crippen molar-refractivity contribution in [1.29, 1.82) is 0 Å². The Balaban J connectivity index is 2.20. The monoisotopic (exact) mass is 339 g/mol. The van der Waals surface area contributed by atoms with Crippen LogP contribution in [0.25, 0.3) is 17.0 Å². The zero-order valence-corrected chi connectivity index (χ0v) is 14.0. The van der Waals surface area contributed by atoms with Crippen molar-refractivity contribution in [1.82, 2.24) is 3.97 Å². The van der Waals surface area contributed by atoms with E-state index in [4.69, 9.17) is 0 Å². The van der Waals surface area contributed by atoms with Crippen molar-refractivity contribution in [2.75, 3.05) is 0 Å². The van der Waals surface area contributed by atoms with Crippen LogP contribution in [-0.4, -0.2) is 18.2 Å². The van der Waals surface area contributed by atoms with E-state index >= 15 is 0 Å². The molecule has 5 heteroatoms. The lowest BCUT2D eigenvalue weighted by Crippen LogP contribution is -2.11. The van der Waals surface area contributed by atoms with Crippen LogP contribution in [0.3, 0.4) is 0 Å². The first-order chi connectivity index (χ1) is 11.5. The number of aromatic nitrogens is 1. The van der Waals surface area contributed by atoms with Crippen LogP contribution in [0.5, 0.6) is 0 Å². The first-order valence-electron chi connectivity index (χ1n) is 7.65. The van der Waals surface area contributed by atoms with Gasteiger partial charge in [-0.3, -0.25) is 4.79 Å². The van der Waals surface area contributed by atoms with Gasteiger partial charge in [-0.25, -0.2) is 12.4 Å². The smallest absolute Gasteiger partial charge is 0.268 e.